The summed E-state index contributed by atoms with van der Waals surface area (Å²) in [5.41, 5.74) is 1.51. The minimum absolute atomic E-state index is 0.150. The van der Waals surface area contributed by atoms with Crippen LogP contribution in [0, 0.1) is 5.41 Å². The molecule has 1 aromatic rings. The van der Waals surface area contributed by atoms with Gasteiger partial charge in [-0.05, 0) is 25.1 Å². The van der Waals surface area contributed by atoms with Gasteiger partial charge in [0.1, 0.15) is 5.75 Å². The van der Waals surface area contributed by atoms with Crippen LogP contribution in [0.4, 0.5) is 0 Å². The maximum Gasteiger partial charge on any atom is 0.153 e. The molecule has 0 aliphatic heterocycles. The summed E-state index contributed by atoms with van der Waals surface area (Å²) in [6, 6.07) is 4.74. The van der Waals surface area contributed by atoms with Crippen molar-refractivity contribution in [2.45, 2.75) is 6.92 Å². The summed E-state index contributed by atoms with van der Waals surface area (Å²) in [5, 5.41) is 20.4. The van der Waals surface area contributed by atoms with Gasteiger partial charge in [-0.2, -0.15) is 0 Å². The highest BCUT2D eigenvalue weighted by molar-refractivity contribution is 6.09. The molecule has 0 saturated heterocycles. The van der Waals surface area contributed by atoms with Crippen LogP contribution in [0.25, 0.3) is 0 Å². The fourth-order valence-corrected chi connectivity index (χ4v) is 1.24. The first-order chi connectivity index (χ1) is 7.60. The number of allylic oxidation sites excluding steroid dienone is 2. The van der Waals surface area contributed by atoms with Crippen LogP contribution in [0.3, 0.4) is 0 Å². The number of rotatable bonds is 4. The van der Waals surface area contributed by atoms with Crippen molar-refractivity contribution in [2.75, 3.05) is 7.05 Å². The van der Waals surface area contributed by atoms with Gasteiger partial charge in [-0.25, -0.2) is 0 Å². The van der Waals surface area contributed by atoms with Gasteiger partial charge in [0.15, 0.2) is 6.29 Å². The second kappa shape index (κ2) is 5.11. The molecule has 84 valence electrons. The number of hydrogen-bond acceptors (Lipinski definition) is 4. The zero-order chi connectivity index (χ0) is 12.1. The predicted octanol–water partition coefficient (Wildman–Crippen LogP) is 1.70. The molecule has 1 aromatic carbocycles. The molecule has 0 aliphatic carbocycles. The summed E-state index contributed by atoms with van der Waals surface area (Å²) in [6.07, 6.45) is 2.16. The Labute approximate surface area is 94.1 Å². The summed E-state index contributed by atoms with van der Waals surface area (Å²) < 4.78 is 0. The molecule has 0 atom stereocenters. The average Bonchev–Trinajstić information content (AvgIpc) is 2.29. The van der Waals surface area contributed by atoms with Gasteiger partial charge in [0.2, 0.25) is 0 Å². The van der Waals surface area contributed by atoms with Crippen molar-refractivity contribution in [3.8, 4) is 5.75 Å². The molecule has 0 bridgehead atoms. The zero-order valence-electron chi connectivity index (χ0n) is 9.24. The first-order valence-electron chi connectivity index (χ1n) is 4.82. The number of hydrogen-bond donors (Lipinski definition) is 3. The van der Waals surface area contributed by atoms with Crippen molar-refractivity contribution in [3.63, 3.8) is 0 Å². The minimum Gasteiger partial charge on any atom is -0.506 e. The summed E-state index contributed by atoms with van der Waals surface area (Å²) in [6.45, 7) is 1.81. The second-order valence-electron chi connectivity index (χ2n) is 3.35. The lowest BCUT2D eigenvalue weighted by Crippen LogP contribution is -2.06. The fraction of sp³-hybridized carbons (Fsp3) is 0.167. The van der Waals surface area contributed by atoms with Crippen molar-refractivity contribution in [1.29, 1.82) is 5.41 Å². The van der Waals surface area contributed by atoms with Gasteiger partial charge in [-0.15, -0.1) is 0 Å². The molecule has 0 unspecified atom stereocenters. The number of aldehydes is 1. The summed E-state index contributed by atoms with van der Waals surface area (Å²) in [4.78, 5) is 10.6. The van der Waals surface area contributed by atoms with Crippen LogP contribution in [-0.2, 0) is 0 Å². The Hall–Kier alpha value is -2.10. The molecule has 0 saturated carbocycles. The SMILES string of the molecule is CN/C(C)=C\C(=N)c1cccc(C=O)c1O. The van der Waals surface area contributed by atoms with Crippen molar-refractivity contribution in [3.05, 3.63) is 41.1 Å². The van der Waals surface area contributed by atoms with Crippen LogP contribution in [0.5, 0.6) is 5.75 Å². The average molecular weight is 218 g/mol. The van der Waals surface area contributed by atoms with Gasteiger partial charge in [-0.1, -0.05) is 6.07 Å². The van der Waals surface area contributed by atoms with Gasteiger partial charge < -0.3 is 15.8 Å². The topological polar surface area (TPSA) is 73.2 Å². The van der Waals surface area contributed by atoms with Gasteiger partial charge in [-0.3, -0.25) is 4.79 Å². The molecule has 1 rings (SSSR count). The van der Waals surface area contributed by atoms with E-state index in [2.05, 4.69) is 5.32 Å². The summed E-state index contributed by atoms with van der Waals surface area (Å²) in [5.74, 6) is -0.150. The van der Waals surface area contributed by atoms with Crippen molar-refractivity contribution in [1.82, 2.24) is 5.32 Å². The smallest absolute Gasteiger partial charge is 0.153 e. The Morgan fingerprint density at radius 1 is 1.50 bits per heavy atom. The van der Waals surface area contributed by atoms with Crippen LogP contribution < -0.4 is 5.32 Å². The standard InChI is InChI=1S/C12H14N2O2/c1-8(14-2)6-11(13)10-5-3-4-9(7-15)12(10)16/h3-7,13-14,16H,1-2H3/b8-6-,13-11?. The molecule has 0 radical (unpaired) electrons. The maximum absolute atomic E-state index is 10.6. The molecule has 4 nitrogen and oxygen atoms in total. The monoisotopic (exact) mass is 218 g/mol. The van der Waals surface area contributed by atoms with Crippen molar-refractivity contribution < 1.29 is 9.90 Å². The molecule has 0 aromatic heterocycles. The summed E-state index contributed by atoms with van der Waals surface area (Å²) >= 11 is 0. The Morgan fingerprint density at radius 3 is 2.75 bits per heavy atom. The Morgan fingerprint density at radius 2 is 2.19 bits per heavy atom. The summed E-state index contributed by atoms with van der Waals surface area (Å²) in [7, 11) is 1.75. The number of para-hydroxylation sites is 1. The van der Waals surface area contributed by atoms with Crippen LogP contribution in [0.15, 0.2) is 30.0 Å². The Kier molecular flexibility index (Phi) is 3.83. The largest absolute Gasteiger partial charge is 0.506 e. The lowest BCUT2D eigenvalue weighted by atomic mass is 10.0. The van der Waals surface area contributed by atoms with Crippen LogP contribution in [0.1, 0.15) is 22.8 Å². The van der Waals surface area contributed by atoms with Crippen LogP contribution in [-0.4, -0.2) is 24.2 Å². The Bertz CT molecular complexity index is 450. The lowest BCUT2D eigenvalue weighted by Gasteiger charge is -2.06. The Balaban J connectivity index is 3.14. The number of nitrogens with one attached hydrogen (secondary N) is 2. The van der Waals surface area contributed by atoms with Crippen LogP contribution in [0.2, 0.25) is 0 Å². The van der Waals surface area contributed by atoms with E-state index in [1.165, 1.54) is 6.07 Å². The third kappa shape index (κ3) is 2.48. The lowest BCUT2D eigenvalue weighted by molar-refractivity contribution is 0.112. The van der Waals surface area contributed by atoms with E-state index in [1.807, 2.05) is 6.92 Å². The van der Waals surface area contributed by atoms with E-state index in [9.17, 15) is 9.90 Å². The molecule has 3 N–H and O–H groups in total. The third-order valence-corrected chi connectivity index (χ3v) is 2.24. The quantitative estimate of drug-likeness (QED) is 0.532. The maximum atomic E-state index is 10.6. The normalized spacial score (nSPS) is 11.0. The highest BCUT2D eigenvalue weighted by Gasteiger charge is 2.09. The van der Waals surface area contributed by atoms with Crippen molar-refractivity contribution >= 4 is 12.0 Å². The van der Waals surface area contributed by atoms with Crippen LogP contribution >= 0.6 is 0 Å². The molecular weight excluding hydrogens is 204 g/mol. The zero-order valence-corrected chi connectivity index (χ0v) is 9.24. The highest BCUT2D eigenvalue weighted by Crippen LogP contribution is 2.21. The molecule has 0 fully saturated rings. The number of carbonyl (C=O) groups is 1. The first-order valence-corrected chi connectivity index (χ1v) is 4.82. The molecule has 0 amide bonds. The van der Waals surface area contributed by atoms with E-state index < -0.39 is 0 Å². The number of phenolic OH excluding ortho intramolecular Hbond substituents is 1. The van der Waals surface area contributed by atoms with Crippen molar-refractivity contribution in [2.24, 2.45) is 0 Å². The molecule has 0 aliphatic rings. The number of carbonyl (C=O) groups excluding carboxylic acids is 1. The van der Waals surface area contributed by atoms with E-state index in [0.717, 1.165) is 5.70 Å². The minimum atomic E-state index is -0.150. The number of phenols is 1. The second-order valence-corrected chi connectivity index (χ2v) is 3.35. The fourth-order valence-electron chi connectivity index (χ4n) is 1.24. The molecule has 4 heteroatoms. The van der Waals surface area contributed by atoms with E-state index in [-0.39, 0.29) is 17.0 Å². The number of aromatic hydroxyl groups is 1. The molecule has 16 heavy (non-hydrogen) atoms. The van der Waals surface area contributed by atoms with E-state index in [4.69, 9.17) is 5.41 Å². The molecular formula is C12H14N2O2. The van der Waals surface area contributed by atoms with Gasteiger partial charge in [0.25, 0.3) is 0 Å². The van der Waals surface area contributed by atoms with Gasteiger partial charge in [0, 0.05) is 18.3 Å². The molecule has 0 heterocycles. The first kappa shape index (κ1) is 12.0. The number of benzene rings is 1. The predicted molar refractivity (Wildman–Crippen MR) is 63.1 cm³/mol. The van der Waals surface area contributed by atoms with Gasteiger partial charge >= 0.3 is 0 Å². The van der Waals surface area contributed by atoms with E-state index in [0.29, 0.717) is 11.8 Å². The van der Waals surface area contributed by atoms with Gasteiger partial charge in [0.05, 0.1) is 11.3 Å². The third-order valence-electron chi connectivity index (χ3n) is 2.24. The van der Waals surface area contributed by atoms with E-state index >= 15 is 0 Å². The highest BCUT2D eigenvalue weighted by atomic mass is 16.3. The molecule has 0 spiro atoms. The van der Waals surface area contributed by atoms with E-state index in [1.54, 1.807) is 25.3 Å².